The van der Waals surface area contributed by atoms with E-state index in [0.717, 1.165) is 14.9 Å². The Morgan fingerprint density at radius 3 is 2.38 bits per heavy atom. The maximum absolute atomic E-state index is 13.2. The van der Waals surface area contributed by atoms with Crippen LogP contribution in [0.25, 0.3) is 6.08 Å². The second kappa shape index (κ2) is 11.7. The van der Waals surface area contributed by atoms with Gasteiger partial charge in [0.05, 0.1) is 16.8 Å². The zero-order valence-electron chi connectivity index (χ0n) is 19.2. The van der Waals surface area contributed by atoms with Gasteiger partial charge in [-0.15, -0.1) is 0 Å². The topological polar surface area (TPSA) is 84.9 Å². The second-order valence-electron chi connectivity index (χ2n) is 7.72. The number of imide groups is 2. The molecule has 0 bridgehead atoms. The molecule has 0 aromatic heterocycles. The van der Waals surface area contributed by atoms with Gasteiger partial charge in [-0.1, -0.05) is 45.2 Å². The molecule has 0 atom stereocenters. The smallest absolute Gasteiger partial charge is 0.335 e. The number of halogens is 4. The van der Waals surface area contributed by atoms with Gasteiger partial charge in [0.2, 0.25) is 0 Å². The van der Waals surface area contributed by atoms with Crippen LogP contribution < -0.4 is 19.7 Å². The van der Waals surface area contributed by atoms with Crippen LogP contribution in [0.2, 0.25) is 10.0 Å². The van der Waals surface area contributed by atoms with E-state index in [0.29, 0.717) is 43.9 Å². The minimum absolute atomic E-state index is 0.153. The highest BCUT2D eigenvalue weighted by Crippen LogP contribution is 2.39. The van der Waals surface area contributed by atoms with E-state index < -0.39 is 17.8 Å². The molecule has 1 heterocycles. The Hall–Kier alpha value is -2.85. The van der Waals surface area contributed by atoms with Gasteiger partial charge in [0.25, 0.3) is 11.8 Å². The molecule has 1 fully saturated rings. The van der Waals surface area contributed by atoms with Crippen LogP contribution in [0.4, 0.5) is 10.5 Å². The summed E-state index contributed by atoms with van der Waals surface area (Å²) in [6.07, 6.45) is 1.39. The summed E-state index contributed by atoms with van der Waals surface area (Å²) in [5, 5.41) is 3.20. The number of nitrogens with one attached hydrogen (secondary N) is 1. The monoisotopic (exact) mass is 666 g/mol. The third kappa shape index (κ3) is 6.18. The third-order valence-corrected chi connectivity index (χ3v) is 6.92. The largest absolute Gasteiger partial charge is 0.490 e. The molecule has 0 aliphatic carbocycles. The number of ether oxygens (including phenoxy) is 2. The van der Waals surface area contributed by atoms with Crippen molar-refractivity contribution in [2.24, 2.45) is 0 Å². The number of hydrogen-bond donors (Lipinski definition) is 1. The van der Waals surface area contributed by atoms with Gasteiger partial charge in [-0.2, -0.15) is 0 Å². The fourth-order valence-electron chi connectivity index (χ4n) is 3.51. The Morgan fingerprint density at radius 1 is 0.973 bits per heavy atom. The van der Waals surface area contributed by atoms with E-state index in [9.17, 15) is 14.4 Å². The predicted octanol–water partition coefficient (Wildman–Crippen LogP) is 7.16. The molecule has 11 heteroatoms. The van der Waals surface area contributed by atoms with E-state index in [1.165, 1.54) is 6.08 Å². The molecule has 37 heavy (non-hydrogen) atoms. The van der Waals surface area contributed by atoms with Gasteiger partial charge in [0.15, 0.2) is 11.5 Å². The summed E-state index contributed by atoms with van der Waals surface area (Å²) in [7, 11) is 0. The molecule has 0 radical (unpaired) electrons. The number of carbonyl (C=O) groups excluding carboxylic acids is 3. The summed E-state index contributed by atoms with van der Waals surface area (Å²) < 4.78 is 13.1. The average molecular weight is 669 g/mol. The van der Waals surface area contributed by atoms with Crippen LogP contribution in [0.15, 0.2) is 69.1 Å². The maximum Gasteiger partial charge on any atom is 0.335 e. The van der Waals surface area contributed by atoms with Gasteiger partial charge in [-0.3, -0.25) is 14.9 Å². The summed E-state index contributed by atoms with van der Waals surface area (Å²) in [4.78, 5) is 39.1. The molecule has 7 nitrogen and oxygen atoms in total. The number of nitrogens with zero attached hydrogens (tertiary/aromatic N) is 1. The number of hydrogen-bond acceptors (Lipinski definition) is 5. The van der Waals surface area contributed by atoms with Gasteiger partial charge in [-0.25, -0.2) is 9.69 Å². The van der Waals surface area contributed by atoms with Crippen LogP contribution >= 0.6 is 55.1 Å². The molecule has 1 N–H and O–H groups in total. The molecule has 0 spiro atoms. The molecule has 3 aromatic rings. The first-order valence-corrected chi connectivity index (χ1v) is 13.2. The normalized spacial score (nSPS) is 14.7. The minimum Gasteiger partial charge on any atom is -0.490 e. The van der Waals surface area contributed by atoms with Gasteiger partial charge in [-0.05, 0) is 83.0 Å². The first-order chi connectivity index (χ1) is 17.7. The first-order valence-electron chi connectivity index (χ1n) is 10.9. The van der Waals surface area contributed by atoms with E-state index in [-0.39, 0.29) is 12.2 Å². The highest BCUT2D eigenvalue weighted by Gasteiger charge is 2.36. The molecule has 0 unspecified atom stereocenters. The quantitative estimate of drug-likeness (QED) is 0.213. The number of amides is 4. The summed E-state index contributed by atoms with van der Waals surface area (Å²) >= 11 is 19.0. The number of carbonyl (C=O) groups is 3. The summed E-state index contributed by atoms with van der Waals surface area (Å²) in [6.45, 7) is 2.31. The lowest BCUT2D eigenvalue weighted by atomic mass is 10.1. The maximum atomic E-state index is 13.2. The molecule has 1 aliphatic rings. The summed E-state index contributed by atoms with van der Waals surface area (Å²) in [5.41, 5.74) is 1.33. The third-order valence-electron chi connectivity index (χ3n) is 5.22. The van der Waals surface area contributed by atoms with Crippen molar-refractivity contribution in [3.8, 4) is 11.5 Å². The Labute approximate surface area is 239 Å². The van der Waals surface area contributed by atoms with Crippen molar-refractivity contribution in [3.05, 3.63) is 90.3 Å². The highest BCUT2D eigenvalue weighted by atomic mass is 79.9. The molecule has 3 aromatic carbocycles. The molecule has 4 amide bonds. The Morgan fingerprint density at radius 2 is 1.70 bits per heavy atom. The van der Waals surface area contributed by atoms with Crippen molar-refractivity contribution in [1.82, 2.24) is 5.32 Å². The van der Waals surface area contributed by atoms with Crippen LogP contribution in [0.5, 0.6) is 11.5 Å². The van der Waals surface area contributed by atoms with Crippen molar-refractivity contribution in [2.75, 3.05) is 11.5 Å². The van der Waals surface area contributed by atoms with Crippen LogP contribution in [0, 0.1) is 0 Å². The Balaban J connectivity index is 1.66. The highest BCUT2D eigenvalue weighted by molar-refractivity contribution is 9.10. The van der Waals surface area contributed by atoms with E-state index in [1.54, 1.807) is 54.6 Å². The van der Waals surface area contributed by atoms with E-state index in [4.69, 9.17) is 32.7 Å². The lowest BCUT2D eigenvalue weighted by Crippen LogP contribution is -2.54. The van der Waals surface area contributed by atoms with E-state index >= 15 is 0 Å². The van der Waals surface area contributed by atoms with Gasteiger partial charge in [0.1, 0.15) is 12.2 Å². The average Bonchev–Trinajstić information content (AvgIpc) is 2.83. The molecular formula is C26H18Br2Cl2N2O5. The molecule has 1 aliphatic heterocycles. The summed E-state index contributed by atoms with van der Waals surface area (Å²) in [5.74, 6) is -0.738. The van der Waals surface area contributed by atoms with Crippen LogP contribution in [-0.4, -0.2) is 24.5 Å². The van der Waals surface area contributed by atoms with Crippen molar-refractivity contribution >= 4 is 84.7 Å². The number of urea groups is 1. The van der Waals surface area contributed by atoms with Gasteiger partial charge in [0, 0.05) is 20.1 Å². The van der Waals surface area contributed by atoms with Crippen LogP contribution in [0.1, 0.15) is 18.1 Å². The summed E-state index contributed by atoms with van der Waals surface area (Å²) in [6, 6.07) is 14.2. The predicted molar refractivity (Wildman–Crippen MR) is 149 cm³/mol. The van der Waals surface area contributed by atoms with Crippen molar-refractivity contribution in [2.45, 2.75) is 13.5 Å². The SMILES string of the molecule is CCOc1cc(C=C2C(=O)NC(=O)N(c3ccc(Br)cc3)C2=O)cc(Br)c1OCc1ccc(Cl)cc1Cl. The van der Waals surface area contributed by atoms with Crippen LogP contribution in [0.3, 0.4) is 0 Å². The lowest BCUT2D eigenvalue weighted by Gasteiger charge is -2.26. The molecule has 1 saturated heterocycles. The number of anilines is 1. The molecular weight excluding hydrogens is 651 g/mol. The zero-order chi connectivity index (χ0) is 26.7. The molecule has 190 valence electrons. The zero-order valence-corrected chi connectivity index (χ0v) is 23.9. The molecule has 0 saturated carbocycles. The Bertz CT molecular complexity index is 1430. The van der Waals surface area contributed by atoms with Crippen molar-refractivity contribution in [1.29, 1.82) is 0 Å². The van der Waals surface area contributed by atoms with Crippen molar-refractivity contribution in [3.63, 3.8) is 0 Å². The minimum atomic E-state index is -0.824. The van der Waals surface area contributed by atoms with Gasteiger partial charge >= 0.3 is 6.03 Å². The van der Waals surface area contributed by atoms with E-state index in [1.807, 2.05) is 6.92 Å². The number of rotatable bonds is 7. The van der Waals surface area contributed by atoms with Crippen molar-refractivity contribution < 1.29 is 23.9 Å². The number of barbiturate groups is 1. The second-order valence-corrected chi connectivity index (χ2v) is 10.3. The molecule has 4 rings (SSSR count). The fourth-order valence-corrected chi connectivity index (χ4v) is 4.81. The van der Waals surface area contributed by atoms with Crippen LogP contribution in [-0.2, 0) is 16.2 Å². The van der Waals surface area contributed by atoms with Gasteiger partial charge < -0.3 is 9.47 Å². The standard InChI is InChI=1S/C26H18Br2Cl2N2O5/c1-2-36-22-11-14(10-20(28)23(22)37-13-15-3-6-17(29)12-21(15)30)9-19-24(33)31-26(35)32(25(19)34)18-7-4-16(27)5-8-18/h3-12H,2,13H2,1H3,(H,31,33,35). The Kier molecular flexibility index (Phi) is 8.59. The number of benzene rings is 3. The lowest BCUT2D eigenvalue weighted by molar-refractivity contribution is -0.122. The fraction of sp³-hybridized carbons (Fsp3) is 0.115. The first kappa shape index (κ1) is 27.2. The van der Waals surface area contributed by atoms with E-state index in [2.05, 4.69) is 37.2 Å².